The van der Waals surface area contributed by atoms with Crippen molar-refractivity contribution in [1.82, 2.24) is 9.97 Å². The monoisotopic (exact) mass is 403 g/mol. The van der Waals surface area contributed by atoms with Gasteiger partial charge in [0.25, 0.3) is 0 Å². The molecule has 3 aromatic rings. The number of nitrogens with one attached hydrogen (secondary N) is 1. The first kappa shape index (κ1) is 20.0. The number of benzene rings is 2. The van der Waals surface area contributed by atoms with Crippen LogP contribution in [0.1, 0.15) is 24.1 Å². The summed E-state index contributed by atoms with van der Waals surface area (Å²) in [7, 11) is 0. The molecule has 0 amide bonds. The Kier molecular flexibility index (Phi) is 6.35. The number of hydrogen-bond donors (Lipinski definition) is 2. The van der Waals surface area contributed by atoms with Gasteiger partial charge < -0.3 is 15.2 Å². The van der Waals surface area contributed by atoms with Crippen LogP contribution in [0.3, 0.4) is 0 Å². The topological polar surface area (TPSA) is 84.3 Å². The molecular formula is C24H25N3O3. The van der Waals surface area contributed by atoms with E-state index in [1.807, 2.05) is 60.7 Å². The highest BCUT2D eigenvalue weighted by Crippen LogP contribution is 2.24. The smallest absolute Gasteiger partial charge is 0.326 e. The molecule has 0 bridgehead atoms. The minimum atomic E-state index is -0.921. The molecule has 2 atom stereocenters. The van der Waals surface area contributed by atoms with E-state index in [4.69, 9.17) is 9.72 Å². The second kappa shape index (κ2) is 9.50. The van der Waals surface area contributed by atoms with Crippen LogP contribution in [0.15, 0.2) is 66.9 Å². The number of nitrogens with zero attached hydrogens (tertiary/aromatic N) is 2. The quantitative estimate of drug-likeness (QED) is 0.592. The number of carbonyl (C=O) groups is 1. The van der Waals surface area contributed by atoms with Crippen molar-refractivity contribution in [3.63, 3.8) is 0 Å². The largest absolute Gasteiger partial charge is 0.480 e. The van der Waals surface area contributed by atoms with Gasteiger partial charge in [0, 0.05) is 25.0 Å². The number of aromatic nitrogens is 2. The molecule has 2 aromatic carbocycles. The summed E-state index contributed by atoms with van der Waals surface area (Å²) >= 11 is 0. The molecule has 30 heavy (non-hydrogen) atoms. The van der Waals surface area contributed by atoms with Crippen molar-refractivity contribution in [2.24, 2.45) is 0 Å². The number of carboxylic acid groups (broad SMARTS) is 1. The van der Waals surface area contributed by atoms with Gasteiger partial charge in [0.2, 0.25) is 0 Å². The molecule has 2 heterocycles. The number of anilines is 1. The van der Waals surface area contributed by atoms with E-state index in [0.29, 0.717) is 18.7 Å². The molecule has 6 nitrogen and oxygen atoms in total. The molecule has 0 radical (unpaired) electrons. The van der Waals surface area contributed by atoms with Crippen LogP contribution in [-0.4, -0.2) is 39.8 Å². The molecule has 154 valence electrons. The van der Waals surface area contributed by atoms with Crippen LogP contribution in [0.2, 0.25) is 0 Å². The van der Waals surface area contributed by atoms with Crippen LogP contribution in [0, 0.1) is 0 Å². The fourth-order valence-electron chi connectivity index (χ4n) is 3.67. The van der Waals surface area contributed by atoms with Gasteiger partial charge in [0.05, 0.1) is 23.7 Å². The molecule has 4 rings (SSSR count). The van der Waals surface area contributed by atoms with Crippen molar-refractivity contribution >= 4 is 11.8 Å². The molecule has 0 spiro atoms. The highest BCUT2D eigenvalue weighted by Gasteiger charge is 2.24. The molecule has 1 aliphatic rings. The predicted octanol–water partition coefficient (Wildman–Crippen LogP) is 3.97. The summed E-state index contributed by atoms with van der Waals surface area (Å²) in [6, 6.07) is 18.6. The first-order valence-corrected chi connectivity index (χ1v) is 10.3. The lowest BCUT2D eigenvalue weighted by atomic mass is 10.1. The fourth-order valence-corrected chi connectivity index (χ4v) is 3.67. The summed E-state index contributed by atoms with van der Waals surface area (Å²) in [5.41, 5.74) is 3.43. The molecule has 1 unspecified atom stereocenters. The molecule has 1 saturated heterocycles. The Morgan fingerprint density at radius 3 is 2.53 bits per heavy atom. The summed E-state index contributed by atoms with van der Waals surface area (Å²) in [5.74, 6) is -0.413. The Balaban J connectivity index is 1.61. The predicted molar refractivity (Wildman–Crippen MR) is 115 cm³/mol. The maximum absolute atomic E-state index is 11.9. The molecule has 2 N–H and O–H groups in total. The molecule has 0 saturated carbocycles. The van der Waals surface area contributed by atoms with E-state index in [0.717, 1.165) is 42.0 Å². The highest BCUT2D eigenvalue weighted by molar-refractivity contribution is 5.77. The number of carboxylic acids is 1. The van der Waals surface area contributed by atoms with Crippen LogP contribution in [0.5, 0.6) is 0 Å². The van der Waals surface area contributed by atoms with E-state index in [9.17, 15) is 9.90 Å². The summed E-state index contributed by atoms with van der Waals surface area (Å²) in [6.07, 6.45) is 4.75. The zero-order valence-electron chi connectivity index (χ0n) is 16.7. The number of hydrogen-bond acceptors (Lipinski definition) is 5. The van der Waals surface area contributed by atoms with Gasteiger partial charge in [0.1, 0.15) is 11.9 Å². The van der Waals surface area contributed by atoms with Gasteiger partial charge in [-0.1, -0.05) is 60.7 Å². The Hall–Kier alpha value is -3.25. The standard InChI is InChI=1S/C24H25N3O3/c28-24(29)21(14-17-8-3-1-4-9-17)27-23-20(15-19-12-7-13-30-19)26-22(16-25-23)18-10-5-2-6-11-18/h1-6,8-11,16,19,21H,7,12-15H2,(H,25,27)(H,28,29)/t19?,21-/m0/s1. The Labute approximate surface area is 176 Å². The van der Waals surface area contributed by atoms with E-state index in [1.165, 1.54) is 0 Å². The van der Waals surface area contributed by atoms with E-state index in [1.54, 1.807) is 6.20 Å². The first-order chi connectivity index (χ1) is 14.7. The van der Waals surface area contributed by atoms with Gasteiger partial charge in [-0.15, -0.1) is 0 Å². The second-order valence-electron chi connectivity index (χ2n) is 7.48. The average molecular weight is 403 g/mol. The molecular weight excluding hydrogens is 378 g/mol. The third-order valence-corrected chi connectivity index (χ3v) is 5.25. The molecule has 1 fully saturated rings. The molecule has 0 aliphatic carbocycles. The number of rotatable bonds is 8. The van der Waals surface area contributed by atoms with Gasteiger partial charge in [-0.3, -0.25) is 0 Å². The first-order valence-electron chi connectivity index (χ1n) is 10.3. The highest BCUT2D eigenvalue weighted by atomic mass is 16.5. The summed E-state index contributed by atoms with van der Waals surface area (Å²) in [4.78, 5) is 21.3. The third kappa shape index (κ3) is 5.02. The SMILES string of the molecule is O=C(O)[C@H](Cc1ccccc1)Nc1ncc(-c2ccccc2)nc1CC1CCCO1. The molecule has 6 heteroatoms. The van der Waals surface area contributed by atoms with Gasteiger partial charge in [-0.05, 0) is 18.4 Å². The minimum Gasteiger partial charge on any atom is -0.480 e. The van der Waals surface area contributed by atoms with Crippen molar-refractivity contribution in [3.8, 4) is 11.3 Å². The minimum absolute atomic E-state index is 0.0864. The molecule has 1 aliphatic heterocycles. The fraction of sp³-hybridized carbons (Fsp3) is 0.292. The zero-order valence-corrected chi connectivity index (χ0v) is 16.7. The van der Waals surface area contributed by atoms with Crippen LogP contribution in [-0.2, 0) is 22.4 Å². The lowest BCUT2D eigenvalue weighted by Gasteiger charge is -2.19. The van der Waals surface area contributed by atoms with E-state index >= 15 is 0 Å². The van der Waals surface area contributed by atoms with Crippen molar-refractivity contribution in [3.05, 3.63) is 78.1 Å². The van der Waals surface area contributed by atoms with E-state index in [-0.39, 0.29) is 6.10 Å². The van der Waals surface area contributed by atoms with Crippen LogP contribution >= 0.6 is 0 Å². The van der Waals surface area contributed by atoms with E-state index < -0.39 is 12.0 Å². The van der Waals surface area contributed by atoms with Crippen molar-refractivity contribution in [2.75, 3.05) is 11.9 Å². The zero-order chi connectivity index (χ0) is 20.8. The van der Waals surface area contributed by atoms with Crippen molar-refractivity contribution in [1.29, 1.82) is 0 Å². The van der Waals surface area contributed by atoms with Gasteiger partial charge >= 0.3 is 5.97 Å². The lowest BCUT2D eigenvalue weighted by molar-refractivity contribution is -0.137. The van der Waals surface area contributed by atoms with Gasteiger partial charge in [-0.25, -0.2) is 14.8 Å². The normalized spacial score (nSPS) is 16.9. The summed E-state index contributed by atoms with van der Waals surface area (Å²) in [5, 5.41) is 12.9. The maximum Gasteiger partial charge on any atom is 0.326 e. The third-order valence-electron chi connectivity index (χ3n) is 5.25. The maximum atomic E-state index is 11.9. The summed E-state index contributed by atoms with van der Waals surface area (Å²) in [6.45, 7) is 0.755. The molecule has 1 aromatic heterocycles. The Bertz CT molecular complexity index is 974. The summed E-state index contributed by atoms with van der Waals surface area (Å²) < 4.78 is 5.79. The number of ether oxygens (including phenoxy) is 1. The van der Waals surface area contributed by atoms with Gasteiger partial charge in [-0.2, -0.15) is 0 Å². The average Bonchev–Trinajstić information content (AvgIpc) is 3.29. The van der Waals surface area contributed by atoms with Crippen molar-refractivity contribution < 1.29 is 14.6 Å². The van der Waals surface area contributed by atoms with Crippen LogP contribution in [0.4, 0.5) is 5.82 Å². The second-order valence-corrected chi connectivity index (χ2v) is 7.48. The van der Waals surface area contributed by atoms with Gasteiger partial charge in [0.15, 0.2) is 0 Å². The Morgan fingerprint density at radius 1 is 1.13 bits per heavy atom. The Morgan fingerprint density at radius 2 is 1.87 bits per heavy atom. The van der Waals surface area contributed by atoms with E-state index in [2.05, 4.69) is 10.3 Å². The van der Waals surface area contributed by atoms with Crippen LogP contribution in [0.25, 0.3) is 11.3 Å². The number of aliphatic carboxylic acids is 1. The lowest BCUT2D eigenvalue weighted by Crippen LogP contribution is -2.32. The van der Waals surface area contributed by atoms with Crippen molar-refractivity contribution in [2.45, 2.75) is 37.8 Å². The van der Waals surface area contributed by atoms with Crippen LogP contribution < -0.4 is 5.32 Å².